The number of aliphatic hydroxyl groups is 1. The molecule has 1 N–H and O–H groups in total. The fraction of sp³-hybridized carbons (Fsp3) is 0.727. The van der Waals surface area contributed by atoms with E-state index < -0.39 is 0 Å². The molecule has 0 spiro atoms. The topological polar surface area (TPSA) is 72.8 Å². The molecule has 1 aliphatic heterocycles. The van der Waals surface area contributed by atoms with Gasteiger partial charge in [-0.3, -0.25) is 4.79 Å². The average Bonchev–Trinajstić information content (AvgIpc) is 2.87. The van der Waals surface area contributed by atoms with Crippen molar-refractivity contribution in [3.8, 4) is 0 Å². The van der Waals surface area contributed by atoms with Crippen molar-refractivity contribution in [3.05, 3.63) is 23.8 Å². The van der Waals surface area contributed by atoms with Gasteiger partial charge in [0, 0.05) is 13.0 Å². The number of hydrogen-bond acceptors (Lipinski definition) is 5. The lowest BCUT2D eigenvalue weighted by Crippen LogP contribution is -2.58. The summed E-state index contributed by atoms with van der Waals surface area (Å²) in [5.74, 6) is -0.390. The Balaban J connectivity index is 1.97. The molecular formula is C22H32O5. The second-order valence-corrected chi connectivity index (χ2v) is 9.45. The van der Waals surface area contributed by atoms with Gasteiger partial charge in [0.15, 0.2) is 0 Å². The monoisotopic (exact) mass is 376 g/mol. The van der Waals surface area contributed by atoms with Crippen LogP contribution in [0, 0.1) is 22.7 Å². The molecule has 0 aromatic carbocycles. The van der Waals surface area contributed by atoms with Gasteiger partial charge in [-0.25, -0.2) is 4.79 Å². The van der Waals surface area contributed by atoms with Crippen LogP contribution in [0.15, 0.2) is 23.8 Å². The molecule has 6 atom stereocenters. The van der Waals surface area contributed by atoms with E-state index in [4.69, 9.17) is 9.47 Å². The fourth-order valence-electron chi connectivity index (χ4n) is 5.82. The first-order chi connectivity index (χ1) is 12.5. The Labute approximate surface area is 161 Å². The van der Waals surface area contributed by atoms with Crippen LogP contribution in [0.3, 0.4) is 0 Å². The van der Waals surface area contributed by atoms with Crippen molar-refractivity contribution < 1.29 is 24.2 Å². The number of rotatable bonds is 3. The third-order valence-corrected chi connectivity index (χ3v) is 7.49. The van der Waals surface area contributed by atoms with E-state index in [1.165, 1.54) is 6.92 Å². The van der Waals surface area contributed by atoms with Gasteiger partial charge in [0.05, 0.1) is 6.10 Å². The smallest absolute Gasteiger partial charge is 0.331 e. The number of carbonyl (C=O) groups is 2. The Bertz CT molecular complexity index is 691. The third-order valence-electron chi connectivity index (χ3n) is 7.49. The minimum atomic E-state index is -0.383. The number of esters is 2. The molecule has 0 radical (unpaired) electrons. The van der Waals surface area contributed by atoms with Crippen LogP contribution in [0.1, 0.15) is 60.3 Å². The minimum absolute atomic E-state index is 0.0478. The van der Waals surface area contributed by atoms with Crippen molar-refractivity contribution in [1.29, 1.82) is 0 Å². The van der Waals surface area contributed by atoms with E-state index in [1.54, 1.807) is 6.08 Å². The molecule has 0 unspecified atom stereocenters. The molecule has 2 saturated carbocycles. The highest BCUT2D eigenvalue weighted by molar-refractivity contribution is 5.85. The first kappa shape index (κ1) is 20.1. The van der Waals surface area contributed by atoms with Gasteiger partial charge in [-0.05, 0) is 66.4 Å². The van der Waals surface area contributed by atoms with Crippen LogP contribution >= 0.6 is 0 Å². The van der Waals surface area contributed by atoms with Crippen LogP contribution in [0.4, 0.5) is 0 Å². The van der Waals surface area contributed by atoms with Crippen LogP contribution in [-0.2, 0) is 19.1 Å². The minimum Gasteiger partial charge on any atom is -0.458 e. The predicted octanol–water partition coefficient (Wildman–Crippen LogP) is 3.56. The summed E-state index contributed by atoms with van der Waals surface area (Å²) in [5.41, 5.74) is 1.46. The second-order valence-electron chi connectivity index (χ2n) is 9.45. The Morgan fingerprint density at radius 3 is 2.63 bits per heavy atom. The summed E-state index contributed by atoms with van der Waals surface area (Å²) in [7, 11) is 0. The lowest BCUT2D eigenvalue weighted by molar-refractivity contribution is -0.165. The van der Waals surface area contributed by atoms with Crippen LogP contribution in [0.25, 0.3) is 0 Å². The van der Waals surface area contributed by atoms with E-state index in [2.05, 4.69) is 27.4 Å². The number of ether oxygens (including phenoxy) is 2. The molecule has 5 heteroatoms. The molecule has 0 bridgehead atoms. The highest BCUT2D eigenvalue weighted by Crippen LogP contribution is 2.62. The molecule has 2 fully saturated rings. The molecule has 5 nitrogen and oxygen atoms in total. The summed E-state index contributed by atoms with van der Waals surface area (Å²) in [5, 5.41) is 10.7. The van der Waals surface area contributed by atoms with E-state index in [-0.39, 0.29) is 52.9 Å². The van der Waals surface area contributed by atoms with Crippen molar-refractivity contribution in [2.75, 3.05) is 0 Å². The van der Waals surface area contributed by atoms with Gasteiger partial charge in [-0.2, -0.15) is 0 Å². The number of cyclic esters (lactones) is 1. The predicted molar refractivity (Wildman–Crippen MR) is 102 cm³/mol. The fourth-order valence-corrected chi connectivity index (χ4v) is 5.82. The van der Waals surface area contributed by atoms with E-state index in [9.17, 15) is 14.7 Å². The zero-order valence-electron chi connectivity index (χ0n) is 17.1. The SMILES string of the molecule is C=C1[C@@H](OC(C)=O)C[C@@H]2C(C)(C)[C@@H](O)CC[C@@]2(C)[C@@H]1C[C@H]1OC(=O)C=C1C. The molecule has 2 aliphatic carbocycles. The number of hydrogen-bond donors (Lipinski definition) is 1. The van der Waals surface area contributed by atoms with Gasteiger partial charge >= 0.3 is 11.9 Å². The van der Waals surface area contributed by atoms with E-state index in [0.29, 0.717) is 12.8 Å². The average molecular weight is 376 g/mol. The normalized spacial score (nSPS) is 40.8. The van der Waals surface area contributed by atoms with Crippen molar-refractivity contribution in [2.45, 2.75) is 78.6 Å². The summed E-state index contributed by atoms with van der Waals surface area (Å²) in [6, 6.07) is 0. The zero-order chi connectivity index (χ0) is 20.1. The highest BCUT2D eigenvalue weighted by atomic mass is 16.5. The van der Waals surface area contributed by atoms with Crippen LogP contribution in [0.2, 0.25) is 0 Å². The zero-order valence-corrected chi connectivity index (χ0v) is 17.1. The first-order valence-corrected chi connectivity index (χ1v) is 9.89. The van der Waals surface area contributed by atoms with Gasteiger partial charge < -0.3 is 14.6 Å². The lowest BCUT2D eigenvalue weighted by atomic mass is 9.45. The summed E-state index contributed by atoms with van der Waals surface area (Å²) >= 11 is 0. The molecule has 1 heterocycles. The van der Waals surface area contributed by atoms with Crippen LogP contribution in [-0.4, -0.2) is 35.4 Å². The standard InChI is InChI=1S/C22H32O5/c1-12-9-20(25)27-16(12)10-15-13(2)17(26-14(3)23)11-18-21(4,5)19(24)7-8-22(15,18)6/h9,15-19,24H,2,7-8,10-11H2,1,3-6H3/t15-,16-,17+,18-,19+,22+/m1/s1. The second kappa shape index (κ2) is 6.77. The van der Waals surface area contributed by atoms with Crippen LogP contribution in [0.5, 0.6) is 0 Å². The summed E-state index contributed by atoms with van der Waals surface area (Å²) < 4.78 is 11.1. The summed E-state index contributed by atoms with van der Waals surface area (Å²) in [6.45, 7) is 14.1. The quantitative estimate of drug-likeness (QED) is 0.602. The number of fused-ring (bicyclic) bond motifs is 1. The van der Waals surface area contributed by atoms with Crippen molar-refractivity contribution in [1.82, 2.24) is 0 Å². The lowest BCUT2D eigenvalue weighted by Gasteiger charge is -2.60. The molecular weight excluding hydrogens is 344 g/mol. The highest BCUT2D eigenvalue weighted by Gasteiger charge is 2.59. The van der Waals surface area contributed by atoms with E-state index in [1.807, 2.05) is 6.92 Å². The molecule has 0 saturated heterocycles. The maximum atomic E-state index is 11.7. The molecule has 3 rings (SSSR count). The Morgan fingerprint density at radius 1 is 1.41 bits per heavy atom. The Morgan fingerprint density at radius 2 is 2.07 bits per heavy atom. The molecule has 0 amide bonds. The number of aliphatic hydroxyl groups excluding tert-OH is 1. The molecule has 0 aromatic heterocycles. The Hall–Kier alpha value is -1.62. The first-order valence-electron chi connectivity index (χ1n) is 9.89. The summed E-state index contributed by atoms with van der Waals surface area (Å²) in [6.07, 6.45) is 3.47. The third kappa shape index (κ3) is 3.35. The molecule has 27 heavy (non-hydrogen) atoms. The maximum absolute atomic E-state index is 11.7. The maximum Gasteiger partial charge on any atom is 0.331 e. The van der Waals surface area contributed by atoms with E-state index in [0.717, 1.165) is 24.0 Å². The van der Waals surface area contributed by atoms with Gasteiger partial charge in [-0.15, -0.1) is 0 Å². The van der Waals surface area contributed by atoms with Gasteiger partial charge in [0.1, 0.15) is 12.2 Å². The van der Waals surface area contributed by atoms with Gasteiger partial charge in [0.25, 0.3) is 0 Å². The van der Waals surface area contributed by atoms with E-state index >= 15 is 0 Å². The van der Waals surface area contributed by atoms with Crippen LogP contribution < -0.4 is 0 Å². The van der Waals surface area contributed by atoms with Crippen molar-refractivity contribution in [3.63, 3.8) is 0 Å². The molecule has 3 aliphatic rings. The number of carbonyl (C=O) groups excluding carboxylic acids is 2. The van der Waals surface area contributed by atoms with Crippen molar-refractivity contribution in [2.24, 2.45) is 22.7 Å². The van der Waals surface area contributed by atoms with Crippen molar-refractivity contribution >= 4 is 11.9 Å². The van der Waals surface area contributed by atoms with Gasteiger partial charge in [0.2, 0.25) is 0 Å². The Kier molecular flexibility index (Phi) is 5.04. The summed E-state index contributed by atoms with van der Waals surface area (Å²) in [4.78, 5) is 23.4. The molecule has 0 aromatic rings. The largest absolute Gasteiger partial charge is 0.458 e. The molecule has 150 valence electrons. The van der Waals surface area contributed by atoms with Gasteiger partial charge in [-0.1, -0.05) is 27.4 Å².